The van der Waals surface area contributed by atoms with Crippen molar-refractivity contribution < 1.29 is 10.2 Å². The predicted molar refractivity (Wildman–Crippen MR) is 109 cm³/mol. The maximum Gasteiger partial charge on any atom is 0.250 e. The number of hydrazone groups is 1. The summed E-state index contributed by atoms with van der Waals surface area (Å²) in [6.07, 6.45) is 1.41. The van der Waals surface area contributed by atoms with Gasteiger partial charge in [0.05, 0.1) is 6.21 Å². The van der Waals surface area contributed by atoms with Crippen molar-refractivity contribution in [3.63, 3.8) is 0 Å². The van der Waals surface area contributed by atoms with Gasteiger partial charge in [-0.25, -0.2) is 5.43 Å². The average Bonchev–Trinajstić information content (AvgIpc) is 2.69. The third-order valence-electron chi connectivity index (χ3n) is 3.70. The molecule has 0 fully saturated rings. The zero-order valence-corrected chi connectivity index (χ0v) is 15.5. The first kappa shape index (κ1) is 18.9. The molecule has 0 saturated heterocycles. The fourth-order valence-corrected chi connectivity index (χ4v) is 2.27. The van der Waals surface area contributed by atoms with Crippen LogP contribution in [0, 0.1) is 0 Å². The lowest BCUT2D eigenvalue weighted by molar-refractivity contribution is 0.450. The van der Waals surface area contributed by atoms with Crippen LogP contribution in [0.5, 0.6) is 11.5 Å². The molecule has 144 valence electrons. The van der Waals surface area contributed by atoms with Crippen molar-refractivity contribution in [1.29, 1.82) is 0 Å². The highest BCUT2D eigenvalue weighted by molar-refractivity contribution is 5.84. The van der Waals surface area contributed by atoms with Gasteiger partial charge >= 0.3 is 0 Å². The molecule has 0 saturated carbocycles. The number of nitrogens with zero attached hydrogens (tertiary/aromatic N) is 5. The molecule has 9 heteroatoms. The number of nitrogens with one attached hydrogen (secondary N) is 2. The Labute approximate surface area is 162 Å². The summed E-state index contributed by atoms with van der Waals surface area (Å²) in [6, 6.07) is 14.2. The van der Waals surface area contributed by atoms with Gasteiger partial charge in [0.25, 0.3) is 0 Å². The van der Waals surface area contributed by atoms with Crippen molar-refractivity contribution in [2.45, 2.75) is 6.54 Å². The zero-order valence-electron chi connectivity index (χ0n) is 15.5. The smallest absolute Gasteiger partial charge is 0.250 e. The van der Waals surface area contributed by atoms with E-state index in [1.807, 2.05) is 44.4 Å². The molecule has 0 aliphatic carbocycles. The summed E-state index contributed by atoms with van der Waals surface area (Å²) in [5, 5.41) is 26.3. The third-order valence-corrected chi connectivity index (χ3v) is 3.70. The van der Waals surface area contributed by atoms with Gasteiger partial charge in [0, 0.05) is 32.3 Å². The minimum absolute atomic E-state index is 0.0233. The van der Waals surface area contributed by atoms with Crippen LogP contribution in [0.25, 0.3) is 0 Å². The van der Waals surface area contributed by atoms with Crippen molar-refractivity contribution in [2.75, 3.05) is 29.7 Å². The van der Waals surface area contributed by atoms with E-state index in [9.17, 15) is 10.2 Å². The van der Waals surface area contributed by atoms with E-state index in [1.54, 1.807) is 11.0 Å². The lowest BCUT2D eigenvalue weighted by Gasteiger charge is -2.13. The number of aromatic hydroxyl groups is 2. The van der Waals surface area contributed by atoms with Crippen LogP contribution in [0.3, 0.4) is 0 Å². The van der Waals surface area contributed by atoms with E-state index in [-0.39, 0.29) is 17.4 Å². The summed E-state index contributed by atoms with van der Waals surface area (Å²) in [7, 11) is 3.66. The van der Waals surface area contributed by atoms with Gasteiger partial charge in [0.1, 0.15) is 11.5 Å². The lowest BCUT2D eigenvalue weighted by Crippen LogP contribution is -2.16. The van der Waals surface area contributed by atoms with E-state index >= 15 is 0 Å². The SMILES string of the molecule is CN(C)c1nc(NCc2ccccc2)nc(N/N=C\c2ccc(O)cc2O)n1. The predicted octanol–water partition coefficient (Wildman–Crippen LogP) is 2.41. The number of benzene rings is 2. The van der Waals surface area contributed by atoms with Crippen molar-refractivity contribution in [2.24, 2.45) is 5.10 Å². The molecule has 9 nitrogen and oxygen atoms in total. The highest BCUT2D eigenvalue weighted by atomic mass is 16.3. The Hall–Kier alpha value is -3.88. The van der Waals surface area contributed by atoms with Crippen molar-refractivity contribution in [3.8, 4) is 11.5 Å². The first-order valence-electron chi connectivity index (χ1n) is 8.53. The standard InChI is InChI=1S/C19H21N7O2/c1-26(2)19-23-17(20-11-13-6-4-3-5-7-13)22-18(24-19)25-21-12-14-8-9-15(27)10-16(14)28/h3-10,12,27-28H,11H2,1-2H3,(H2,20,22,23,24,25)/b21-12-. The molecule has 3 aromatic rings. The van der Waals surface area contributed by atoms with Gasteiger partial charge in [-0.1, -0.05) is 30.3 Å². The van der Waals surface area contributed by atoms with Crippen LogP contribution >= 0.6 is 0 Å². The molecule has 0 radical (unpaired) electrons. The topological polar surface area (TPSA) is 119 Å². The summed E-state index contributed by atoms with van der Waals surface area (Å²) in [5.74, 6) is 1.03. The molecular weight excluding hydrogens is 358 g/mol. The summed E-state index contributed by atoms with van der Waals surface area (Å²) in [4.78, 5) is 14.7. The second-order valence-electron chi connectivity index (χ2n) is 6.13. The first-order chi connectivity index (χ1) is 13.5. The monoisotopic (exact) mass is 379 g/mol. The Morgan fingerprint density at radius 2 is 1.75 bits per heavy atom. The van der Waals surface area contributed by atoms with Crippen LogP contribution in [0.4, 0.5) is 17.8 Å². The van der Waals surface area contributed by atoms with Crippen LogP contribution in [0.15, 0.2) is 53.6 Å². The van der Waals surface area contributed by atoms with E-state index in [0.717, 1.165) is 5.56 Å². The summed E-state index contributed by atoms with van der Waals surface area (Å²) >= 11 is 0. The number of phenols is 2. The normalized spacial score (nSPS) is 10.8. The molecular formula is C19H21N7O2. The van der Waals surface area contributed by atoms with Gasteiger partial charge < -0.3 is 20.4 Å². The molecule has 28 heavy (non-hydrogen) atoms. The largest absolute Gasteiger partial charge is 0.508 e. The van der Waals surface area contributed by atoms with Crippen molar-refractivity contribution in [3.05, 3.63) is 59.7 Å². The van der Waals surface area contributed by atoms with Crippen molar-refractivity contribution in [1.82, 2.24) is 15.0 Å². The Bertz CT molecular complexity index is 962. The molecule has 0 aliphatic rings. The second kappa shape index (κ2) is 8.67. The fraction of sp³-hybridized carbons (Fsp3) is 0.158. The molecule has 4 N–H and O–H groups in total. The van der Waals surface area contributed by atoms with Gasteiger partial charge in [0.15, 0.2) is 0 Å². The highest BCUT2D eigenvalue weighted by Gasteiger charge is 2.08. The minimum atomic E-state index is -0.0830. The molecule has 0 unspecified atom stereocenters. The number of phenolic OH excluding ortho intramolecular Hbond substituents is 2. The van der Waals surface area contributed by atoms with E-state index in [1.165, 1.54) is 18.3 Å². The van der Waals surface area contributed by atoms with E-state index < -0.39 is 0 Å². The maximum absolute atomic E-state index is 9.79. The van der Waals surface area contributed by atoms with E-state index in [0.29, 0.717) is 24.0 Å². The Morgan fingerprint density at radius 1 is 1.00 bits per heavy atom. The molecule has 1 heterocycles. The molecule has 0 atom stereocenters. The van der Waals surface area contributed by atoms with Gasteiger partial charge in [-0.2, -0.15) is 20.1 Å². The summed E-state index contributed by atoms with van der Waals surface area (Å²) < 4.78 is 0. The Morgan fingerprint density at radius 3 is 2.46 bits per heavy atom. The molecule has 0 spiro atoms. The van der Waals surface area contributed by atoms with Crippen LogP contribution in [-0.2, 0) is 6.54 Å². The van der Waals surface area contributed by atoms with E-state index in [2.05, 4.69) is 30.8 Å². The quantitative estimate of drug-likeness (QED) is 0.365. The third kappa shape index (κ3) is 5.07. The Kier molecular flexibility index (Phi) is 5.85. The zero-order chi connectivity index (χ0) is 19.9. The Balaban J connectivity index is 1.74. The molecule has 0 aliphatic heterocycles. The van der Waals surface area contributed by atoms with Crippen molar-refractivity contribution >= 4 is 24.1 Å². The van der Waals surface area contributed by atoms with Crippen LogP contribution < -0.4 is 15.6 Å². The number of hydrogen-bond acceptors (Lipinski definition) is 9. The van der Waals surface area contributed by atoms with Crippen LogP contribution in [0.1, 0.15) is 11.1 Å². The summed E-state index contributed by atoms with van der Waals surface area (Å²) in [6.45, 7) is 0.571. The summed E-state index contributed by atoms with van der Waals surface area (Å²) in [5.41, 5.74) is 4.28. The van der Waals surface area contributed by atoms with Gasteiger partial charge in [-0.3, -0.25) is 0 Å². The molecule has 1 aromatic heterocycles. The van der Waals surface area contributed by atoms with Gasteiger partial charge in [0.2, 0.25) is 17.8 Å². The molecule has 2 aromatic carbocycles. The van der Waals surface area contributed by atoms with Crippen LogP contribution in [0.2, 0.25) is 0 Å². The maximum atomic E-state index is 9.79. The minimum Gasteiger partial charge on any atom is -0.508 e. The van der Waals surface area contributed by atoms with Crippen LogP contribution in [-0.4, -0.2) is 45.5 Å². The molecule has 0 bridgehead atoms. The second-order valence-corrected chi connectivity index (χ2v) is 6.13. The highest BCUT2D eigenvalue weighted by Crippen LogP contribution is 2.21. The lowest BCUT2D eigenvalue weighted by atomic mass is 10.2. The molecule has 0 amide bonds. The first-order valence-corrected chi connectivity index (χ1v) is 8.53. The number of rotatable bonds is 7. The molecule has 3 rings (SSSR count). The fourth-order valence-electron chi connectivity index (χ4n) is 2.27. The number of aromatic nitrogens is 3. The van der Waals surface area contributed by atoms with Gasteiger partial charge in [-0.05, 0) is 17.7 Å². The van der Waals surface area contributed by atoms with E-state index in [4.69, 9.17) is 0 Å². The average molecular weight is 379 g/mol. The number of hydrogen-bond donors (Lipinski definition) is 4. The van der Waals surface area contributed by atoms with Gasteiger partial charge in [-0.15, -0.1) is 0 Å². The number of anilines is 3.